The Labute approximate surface area is 178 Å². The number of halogens is 1. The summed E-state index contributed by atoms with van der Waals surface area (Å²) in [6, 6.07) is 1.17. The van der Waals surface area contributed by atoms with E-state index in [9.17, 15) is 19.5 Å². The molecule has 1 amide bonds. The Bertz CT molecular complexity index is 1180. The van der Waals surface area contributed by atoms with Gasteiger partial charge >= 0.3 is 5.97 Å². The molecule has 4 heterocycles. The highest BCUT2D eigenvalue weighted by atomic mass is 19.1. The van der Waals surface area contributed by atoms with Crippen LogP contribution in [-0.2, 0) is 4.79 Å². The molecule has 31 heavy (non-hydrogen) atoms. The van der Waals surface area contributed by atoms with Crippen LogP contribution in [0.15, 0.2) is 17.1 Å². The number of carboxylic acid groups (broad SMARTS) is 1. The fourth-order valence-electron chi connectivity index (χ4n) is 4.83. The number of carbonyl (C=O) groups excluding carboxylic acids is 1. The molecule has 2 aromatic heterocycles. The van der Waals surface area contributed by atoms with Gasteiger partial charge in [0.1, 0.15) is 11.2 Å². The first-order valence-corrected chi connectivity index (χ1v) is 10.6. The Balaban J connectivity index is 1.54. The average Bonchev–Trinajstić information content (AvgIpc) is 3.34. The van der Waals surface area contributed by atoms with Crippen molar-refractivity contribution in [3.8, 4) is 0 Å². The number of anilines is 1. The van der Waals surface area contributed by atoms with Gasteiger partial charge in [0.25, 0.3) is 0 Å². The number of aromatic nitrogens is 2. The summed E-state index contributed by atoms with van der Waals surface area (Å²) in [5.41, 5.74) is -1.24. The van der Waals surface area contributed by atoms with Gasteiger partial charge in [-0.05, 0) is 25.3 Å². The summed E-state index contributed by atoms with van der Waals surface area (Å²) in [5.74, 6) is -1.71. The first-order chi connectivity index (χ1) is 14.6. The smallest absolute Gasteiger partial charge is 0.341 e. The molecular formula is C22H25FN4O4. The van der Waals surface area contributed by atoms with Gasteiger partial charge in [-0.15, -0.1) is 0 Å². The first-order valence-electron chi connectivity index (χ1n) is 10.6. The van der Waals surface area contributed by atoms with Crippen LogP contribution in [0.25, 0.3) is 11.0 Å². The Morgan fingerprint density at radius 1 is 1.16 bits per heavy atom. The van der Waals surface area contributed by atoms with Crippen LogP contribution in [0.1, 0.15) is 56.4 Å². The van der Waals surface area contributed by atoms with E-state index in [1.54, 1.807) is 4.57 Å². The van der Waals surface area contributed by atoms with Crippen molar-refractivity contribution in [1.29, 1.82) is 0 Å². The third kappa shape index (κ3) is 3.09. The number of nitrogens with zero attached hydrogens (tertiary/aromatic N) is 4. The Kier molecular flexibility index (Phi) is 4.19. The summed E-state index contributed by atoms with van der Waals surface area (Å²) in [6.07, 6.45) is 3.82. The number of likely N-dealkylation sites (tertiary alicyclic amines) is 1. The molecule has 2 saturated heterocycles. The molecular weight excluding hydrogens is 403 g/mol. The summed E-state index contributed by atoms with van der Waals surface area (Å²) in [7, 11) is 0. The van der Waals surface area contributed by atoms with Crippen LogP contribution in [0.3, 0.4) is 0 Å². The third-order valence-corrected chi connectivity index (χ3v) is 6.53. The molecule has 2 bridgehead atoms. The fourth-order valence-corrected chi connectivity index (χ4v) is 4.83. The molecule has 2 atom stereocenters. The van der Waals surface area contributed by atoms with Crippen molar-refractivity contribution in [2.45, 2.75) is 58.2 Å². The van der Waals surface area contributed by atoms with Gasteiger partial charge in [-0.25, -0.2) is 14.2 Å². The van der Waals surface area contributed by atoms with Crippen molar-refractivity contribution in [1.82, 2.24) is 14.5 Å². The van der Waals surface area contributed by atoms with E-state index in [1.807, 2.05) is 30.6 Å². The van der Waals surface area contributed by atoms with E-state index in [1.165, 1.54) is 6.20 Å². The number of fused-ring (bicyclic) bond motifs is 3. The molecule has 2 aliphatic heterocycles. The molecule has 5 rings (SSSR count). The number of pyridine rings is 2. The second-order valence-corrected chi connectivity index (χ2v) is 9.88. The number of amides is 1. The number of aromatic carboxylic acids is 1. The predicted octanol–water partition coefficient (Wildman–Crippen LogP) is 2.40. The summed E-state index contributed by atoms with van der Waals surface area (Å²) in [6.45, 7) is 6.70. The Morgan fingerprint density at radius 2 is 1.87 bits per heavy atom. The van der Waals surface area contributed by atoms with Crippen LogP contribution in [0.5, 0.6) is 0 Å². The number of rotatable bonds is 3. The molecule has 8 nitrogen and oxygen atoms in total. The molecule has 2 unspecified atom stereocenters. The van der Waals surface area contributed by atoms with E-state index in [0.717, 1.165) is 25.3 Å². The van der Waals surface area contributed by atoms with E-state index in [0.29, 0.717) is 18.7 Å². The molecule has 3 aliphatic rings. The first kappa shape index (κ1) is 20.0. The molecule has 2 aromatic rings. The van der Waals surface area contributed by atoms with Gasteiger partial charge in [-0.1, -0.05) is 20.8 Å². The minimum absolute atomic E-state index is 0.00799. The maximum absolute atomic E-state index is 15.1. The average molecular weight is 428 g/mol. The van der Waals surface area contributed by atoms with Crippen molar-refractivity contribution >= 4 is 28.7 Å². The maximum Gasteiger partial charge on any atom is 0.341 e. The van der Waals surface area contributed by atoms with Gasteiger partial charge in [0.2, 0.25) is 11.3 Å². The van der Waals surface area contributed by atoms with Gasteiger partial charge in [-0.2, -0.15) is 0 Å². The van der Waals surface area contributed by atoms with Crippen LogP contribution in [0.4, 0.5) is 10.2 Å². The van der Waals surface area contributed by atoms with E-state index >= 15 is 4.39 Å². The van der Waals surface area contributed by atoms with Gasteiger partial charge in [0.15, 0.2) is 11.6 Å². The van der Waals surface area contributed by atoms with Gasteiger partial charge in [0, 0.05) is 30.7 Å². The minimum atomic E-state index is -1.33. The molecule has 9 heteroatoms. The second-order valence-electron chi connectivity index (χ2n) is 9.88. The normalized spacial score (nSPS) is 23.1. The topological polar surface area (TPSA) is 95.7 Å². The van der Waals surface area contributed by atoms with Crippen molar-refractivity contribution < 1.29 is 19.1 Å². The van der Waals surface area contributed by atoms with Crippen molar-refractivity contribution in [2.24, 2.45) is 5.41 Å². The van der Waals surface area contributed by atoms with Gasteiger partial charge in [0.05, 0.1) is 17.5 Å². The largest absolute Gasteiger partial charge is 0.477 e. The SMILES string of the molecule is CC(C)(C)C(=O)N1CC2CC1CN2c1nc2c(cc1F)c(=O)c(C(=O)O)cn2C1CC1. The number of piperazine rings is 1. The standard InChI is InChI=1S/C22H25FN4O4/c1-22(2,3)21(31)27-9-12-6-13(27)8-25(12)19-16(23)7-14-17(28)15(20(29)30)10-26(11-4-5-11)18(14)24-19/h7,10-13H,4-6,8-9H2,1-3H3,(H,29,30). The predicted molar refractivity (Wildman–Crippen MR) is 112 cm³/mol. The third-order valence-electron chi connectivity index (χ3n) is 6.53. The van der Waals surface area contributed by atoms with Crippen LogP contribution >= 0.6 is 0 Å². The lowest BCUT2D eigenvalue weighted by molar-refractivity contribution is -0.140. The summed E-state index contributed by atoms with van der Waals surface area (Å²) >= 11 is 0. The summed E-state index contributed by atoms with van der Waals surface area (Å²) in [5, 5.41) is 9.37. The molecule has 164 valence electrons. The maximum atomic E-state index is 15.1. The minimum Gasteiger partial charge on any atom is -0.477 e. The number of carboxylic acids is 1. The van der Waals surface area contributed by atoms with Crippen LogP contribution in [0.2, 0.25) is 0 Å². The van der Waals surface area contributed by atoms with E-state index in [2.05, 4.69) is 4.98 Å². The lowest BCUT2D eigenvalue weighted by atomic mass is 9.94. The molecule has 1 saturated carbocycles. The second kappa shape index (κ2) is 6.51. The highest BCUT2D eigenvalue weighted by Crippen LogP contribution is 2.39. The van der Waals surface area contributed by atoms with Gasteiger partial charge in [-0.3, -0.25) is 9.59 Å². The molecule has 1 aliphatic carbocycles. The van der Waals surface area contributed by atoms with Crippen molar-refractivity contribution in [3.63, 3.8) is 0 Å². The van der Waals surface area contributed by atoms with E-state index in [-0.39, 0.29) is 40.8 Å². The fraction of sp³-hybridized carbons (Fsp3) is 0.545. The number of hydrogen-bond acceptors (Lipinski definition) is 5. The Morgan fingerprint density at radius 3 is 2.42 bits per heavy atom. The molecule has 0 aromatic carbocycles. The highest BCUT2D eigenvalue weighted by Gasteiger charge is 2.48. The zero-order valence-electron chi connectivity index (χ0n) is 17.8. The molecule has 0 spiro atoms. The molecule has 0 radical (unpaired) electrons. The van der Waals surface area contributed by atoms with Gasteiger partial charge < -0.3 is 19.5 Å². The lowest BCUT2D eigenvalue weighted by Crippen LogP contribution is -2.52. The molecule has 1 N–H and O–H groups in total. The van der Waals surface area contributed by atoms with Crippen molar-refractivity contribution in [2.75, 3.05) is 18.0 Å². The zero-order chi connectivity index (χ0) is 22.2. The number of carbonyl (C=O) groups is 2. The zero-order valence-corrected chi connectivity index (χ0v) is 17.8. The number of hydrogen-bond donors (Lipinski definition) is 1. The summed E-state index contributed by atoms with van der Waals surface area (Å²) in [4.78, 5) is 45.2. The van der Waals surface area contributed by atoms with Crippen LogP contribution in [-0.4, -0.2) is 56.6 Å². The lowest BCUT2D eigenvalue weighted by Gasteiger charge is -2.37. The highest BCUT2D eigenvalue weighted by molar-refractivity contribution is 5.92. The van der Waals surface area contributed by atoms with E-state index < -0.39 is 22.6 Å². The van der Waals surface area contributed by atoms with Crippen LogP contribution in [0, 0.1) is 11.2 Å². The van der Waals surface area contributed by atoms with Crippen LogP contribution < -0.4 is 10.3 Å². The monoisotopic (exact) mass is 428 g/mol. The quantitative estimate of drug-likeness (QED) is 0.807. The van der Waals surface area contributed by atoms with Crippen molar-refractivity contribution in [3.05, 3.63) is 33.9 Å². The molecule has 3 fully saturated rings. The Hall–Kier alpha value is -2.97. The van der Waals surface area contributed by atoms with E-state index in [4.69, 9.17) is 0 Å². The summed E-state index contributed by atoms with van der Waals surface area (Å²) < 4.78 is 16.8.